The molecule has 134 valence electrons. The SMILES string of the molecule is CC(=O)OC[C@@H]1O[C@H](Oc2ccc3ccccc3c2)[C@@H](O)[C@H](O)[C@H]1O. The first kappa shape index (κ1) is 17.6. The van der Waals surface area contributed by atoms with E-state index in [1.54, 1.807) is 12.1 Å². The molecule has 0 radical (unpaired) electrons. The Morgan fingerprint density at radius 2 is 1.76 bits per heavy atom. The molecular formula is C18H20O7. The van der Waals surface area contributed by atoms with Gasteiger partial charge in [0, 0.05) is 6.92 Å². The zero-order valence-corrected chi connectivity index (χ0v) is 13.6. The van der Waals surface area contributed by atoms with E-state index >= 15 is 0 Å². The summed E-state index contributed by atoms with van der Waals surface area (Å²) in [5, 5.41) is 32.1. The number of ether oxygens (including phenoxy) is 3. The number of hydrogen-bond donors (Lipinski definition) is 3. The number of carbonyl (C=O) groups excluding carboxylic acids is 1. The third-order valence-electron chi connectivity index (χ3n) is 4.09. The minimum absolute atomic E-state index is 0.252. The Hall–Kier alpha value is -2.19. The largest absolute Gasteiger partial charge is 0.463 e. The van der Waals surface area contributed by atoms with Gasteiger partial charge in [-0.05, 0) is 22.9 Å². The van der Waals surface area contributed by atoms with Gasteiger partial charge in [0.05, 0.1) is 0 Å². The van der Waals surface area contributed by atoms with Crippen LogP contribution in [0.15, 0.2) is 42.5 Å². The van der Waals surface area contributed by atoms with Gasteiger partial charge in [-0.1, -0.05) is 30.3 Å². The van der Waals surface area contributed by atoms with Crippen molar-refractivity contribution in [3.05, 3.63) is 42.5 Å². The first-order valence-corrected chi connectivity index (χ1v) is 7.94. The van der Waals surface area contributed by atoms with Gasteiger partial charge in [-0.2, -0.15) is 0 Å². The second-order valence-electron chi connectivity index (χ2n) is 5.94. The molecule has 1 aliphatic rings. The summed E-state index contributed by atoms with van der Waals surface area (Å²) in [5.41, 5.74) is 0. The molecule has 1 heterocycles. The Bertz CT molecular complexity index is 747. The number of rotatable bonds is 4. The highest BCUT2D eigenvalue weighted by Gasteiger charge is 2.45. The summed E-state index contributed by atoms with van der Waals surface area (Å²) < 4.78 is 16.0. The van der Waals surface area contributed by atoms with Crippen molar-refractivity contribution in [2.24, 2.45) is 0 Å². The summed E-state index contributed by atoms with van der Waals surface area (Å²) in [4.78, 5) is 10.9. The number of aliphatic hydroxyl groups excluding tert-OH is 3. The van der Waals surface area contributed by atoms with Crippen LogP contribution < -0.4 is 4.74 Å². The first-order chi connectivity index (χ1) is 12.0. The van der Waals surface area contributed by atoms with Crippen LogP contribution in [0, 0.1) is 0 Å². The standard InChI is InChI=1S/C18H20O7/c1-10(19)23-9-14-15(20)16(21)17(22)18(25-14)24-13-7-6-11-4-2-3-5-12(11)8-13/h2-8,14-18,20-22H,9H2,1H3/t14-,15-,16+,17-,18-/m0/s1. The van der Waals surface area contributed by atoms with Gasteiger partial charge in [-0.25, -0.2) is 0 Å². The van der Waals surface area contributed by atoms with Crippen molar-refractivity contribution in [3.63, 3.8) is 0 Å². The summed E-state index contributed by atoms with van der Waals surface area (Å²) in [6.45, 7) is 0.974. The maximum absolute atomic E-state index is 10.9. The van der Waals surface area contributed by atoms with Crippen molar-refractivity contribution >= 4 is 16.7 Å². The Labute approximate surface area is 144 Å². The van der Waals surface area contributed by atoms with Crippen LogP contribution in [0.3, 0.4) is 0 Å². The van der Waals surface area contributed by atoms with Gasteiger partial charge in [0.25, 0.3) is 0 Å². The lowest BCUT2D eigenvalue weighted by molar-refractivity contribution is -0.278. The topological polar surface area (TPSA) is 105 Å². The predicted octanol–water partition coefficient (Wildman–Crippen LogP) is 0.589. The maximum Gasteiger partial charge on any atom is 0.302 e. The molecule has 2 aromatic rings. The van der Waals surface area contributed by atoms with E-state index in [0.717, 1.165) is 10.8 Å². The molecule has 0 spiro atoms. The van der Waals surface area contributed by atoms with Crippen molar-refractivity contribution in [1.82, 2.24) is 0 Å². The van der Waals surface area contributed by atoms with Crippen LogP contribution in [0.25, 0.3) is 10.8 Å². The molecule has 1 fully saturated rings. The summed E-state index contributed by atoms with van der Waals surface area (Å²) >= 11 is 0. The second kappa shape index (κ2) is 7.37. The van der Waals surface area contributed by atoms with Gasteiger partial charge in [0.15, 0.2) is 0 Å². The van der Waals surface area contributed by atoms with Crippen LogP contribution in [0.1, 0.15) is 6.92 Å². The molecule has 7 nitrogen and oxygen atoms in total. The molecule has 3 N–H and O–H groups in total. The van der Waals surface area contributed by atoms with Crippen LogP contribution in [-0.2, 0) is 14.3 Å². The zero-order valence-electron chi connectivity index (χ0n) is 13.6. The molecule has 3 rings (SSSR count). The molecule has 0 aliphatic carbocycles. The van der Waals surface area contributed by atoms with Crippen molar-refractivity contribution in [2.75, 3.05) is 6.61 Å². The lowest BCUT2D eigenvalue weighted by atomic mass is 9.99. The monoisotopic (exact) mass is 348 g/mol. The fourth-order valence-corrected chi connectivity index (χ4v) is 2.73. The van der Waals surface area contributed by atoms with Gasteiger partial charge in [-0.3, -0.25) is 4.79 Å². The molecule has 2 aromatic carbocycles. The summed E-state index contributed by atoms with van der Waals surface area (Å²) in [6.07, 6.45) is -6.55. The fourth-order valence-electron chi connectivity index (χ4n) is 2.73. The van der Waals surface area contributed by atoms with E-state index in [-0.39, 0.29) is 6.61 Å². The van der Waals surface area contributed by atoms with E-state index in [0.29, 0.717) is 5.75 Å². The fraction of sp³-hybridized carbons (Fsp3) is 0.389. The van der Waals surface area contributed by atoms with Gasteiger partial charge < -0.3 is 29.5 Å². The lowest BCUT2D eigenvalue weighted by Crippen LogP contribution is -2.60. The number of benzene rings is 2. The predicted molar refractivity (Wildman–Crippen MR) is 87.9 cm³/mol. The molecule has 0 saturated carbocycles. The molecule has 0 unspecified atom stereocenters. The number of carbonyl (C=O) groups is 1. The van der Waals surface area contributed by atoms with Gasteiger partial charge in [0.2, 0.25) is 6.29 Å². The maximum atomic E-state index is 10.9. The smallest absolute Gasteiger partial charge is 0.302 e. The summed E-state index contributed by atoms with van der Waals surface area (Å²) in [6, 6.07) is 13.1. The Morgan fingerprint density at radius 1 is 1.04 bits per heavy atom. The van der Waals surface area contributed by atoms with E-state index in [1.807, 2.05) is 30.3 Å². The van der Waals surface area contributed by atoms with Crippen molar-refractivity contribution in [2.45, 2.75) is 37.6 Å². The molecule has 25 heavy (non-hydrogen) atoms. The molecule has 0 amide bonds. The number of hydrogen-bond acceptors (Lipinski definition) is 7. The van der Waals surface area contributed by atoms with E-state index in [4.69, 9.17) is 14.2 Å². The van der Waals surface area contributed by atoms with Crippen LogP contribution in [0.4, 0.5) is 0 Å². The summed E-state index contributed by atoms with van der Waals surface area (Å²) in [7, 11) is 0. The normalized spacial score (nSPS) is 29.4. The molecule has 0 aromatic heterocycles. The Morgan fingerprint density at radius 3 is 2.48 bits per heavy atom. The van der Waals surface area contributed by atoms with E-state index < -0.39 is 36.7 Å². The highest BCUT2D eigenvalue weighted by Crippen LogP contribution is 2.27. The van der Waals surface area contributed by atoms with E-state index in [2.05, 4.69) is 0 Å². The molecule has 7 heteroatoms. The van der Waals surface area contributed by atoms with E-state index in [1.165, 1.54) is 6.92 Å². The van der Waals surface area contributed by atoms with Crippen LogP contribution in [0.2, 0.25) is 0 Å². The quantitative estimate of drug-likeness (QED) is 0.695. The van der Waals surface area contributed by atoms with Crippen molar-refractivity contribution < 1.29 is 34.3 Å². The Kier molecular flexibility index (Phi) is 5.19. The Balaban J connectivity index is 1.75. The highest BCUT2D eigenvalue weighted by atomic mass is 16.7. The average Bonchev–Trinajstić information content (AvgIpc) is 2.61. The summed E-state index contributed by atoms with van der Waals surface area (Å²) in [5.74, 6) is -0.0963. The lowest BCUT2D eigenvalue weighted by Gasteiger charge is -2.39. The number of fused-ring (bicyclic) bond motifs is 1. The molecule has 5 atom stereocenters. The molecule has 0 bridgehead atoms. The van der Waals surface area contributed by atoms with Crippen LogP contribution in [-0.4, -0.2) is 58.6 Å². The van der Waals surface area contributed by atoms with E-state index in [9.17, 15) is 20.1 Å². The molecule has 1 saturated heterocycles. The van der Waals surface area contributed by atoms with Crippen LogP contribution in [0.5, 0.6) is 5.75 Å². The number of aliphatic hydroxyl groups is 3. The highest BCUT2D eigenvalue weighted by molar-refractivity contribution is 5.83. The third kappa shape index (κ3) is 3.91. The third-order valence-corrected chi connectivity index (χ3v) is 4.09. The second-order valence-corrected chi connectivity index (χ2v) is 5.94. The van der Waals surface area contributed by atoms with Gasteiger partial charge >= 0.3 is 5.97 Å². The molecular weight excluding hydrogens is 328 g/mol. The zero-order chi connectivity index (χ0) is 18.0. The first-order valence-electron chi connectivity index (χ1n) is 7.94. The molecule has 1 aliphatic heterocycles. The minimum atomic E-state index is -1.49. The van der Waals surface area contributed by atoms with Gasteiger partial charge in [-0.15, -0.1) is 0 Å². The van der Waals surface area contributed by atoms with Crippen molar-refractivity contribution in [3.8, 4) is 5.75 Å². The average molecular weight is 348 g/mol. The minimum Gasteiger partial charge on any atom is -0.463 e. The van der Waals surface area contributed by atoms with Gasteiger partial charge in [0.1, 0.15) is 36.8 Å². The van der Waals surface area contributed by atoms with Crippen LogP contribution >= 0.6 is 0 Å². The van der Waals surface area contributed by atoms with Crippen molar-refractivity contribution in [1.29, 1.82) is 0 Å². The number of esters is 1.